The normalized spacial score (nSPS) is 15.1. The van der Waals surface area contributed by atoms with Crippen LogP contribution < -0.4 is 4.90 Å². The second-order valence-electron chi connectivity index (χ2n) is 8.27. The molecule has 0 N–H and O–H groups in total. The van der Waals surface area contributed by atoms with E-state index in [2.05, 4.69) is 4.90 Å². The van der Waals surface area contributed by atoms with E-state index in [9.17, 15) is 8.42 Å². The number of anilines is 1. The molecular weight excluding hydrogens is 488 g/mol. The van der Waals surface area contributed by atoms with Gasteiger partial charge in [0.25, 0.3) is 0 Å². The lowest BCUT2D eigenvalue weighted by atomic mass is 10.2. The van der Waals surface area contributed by atoms with Crippen LogP contribution in [0.3, 0.4) is 0 Å². The van der Waals surface area contributed by atoms with Crippen molar-refractivity contribution in [3.63, 3.8) is 0 Å². The Labute approximate surface area is 209 Å². The van der Waals surface area contributed by atoms with Crippen LogP contribution in [0.15, 0.2) is 59.5 Å². The fourth-order valence-corrected chi connectivity index (χ4v) is 5.82. The summed E-state index contributed by atoms with van der Waals surface area (Å²) in [6, 6.07) is 16.1. The Hall–Kier alpha value is -3.05. The number of benzene rings is 2. The Bertz CT molecular complexity index is 1450. The highest BCUT2D eigenvalue weighted by molar-refractivity contribution is 7.89. The number of aromatic nitrogens is 4. The minimum Gasteiger partial charge on any atom is -0.377 e. The van der Waals surface area contributed by atoms with Gasteiger partial charge in [-0.2, -0.15) is 9.40 Å². The maximum absolute atomic E-state index is 13.1. The lowest BCUT2D eigenvalue weighted by Gasteiger charge is -2.35. The maximum Gasteiger partial charge on any atom is 0.243 e. The molecule has 0 amide bonds. The molecule has 0 saturated carbocycles. The molecule has 0 aliphatic carbocycles. The Morgan fingerprint density at radius 1 is 0.971 bits per heavy atom. The van der Waals surface area contributed by atoms with E-state index in [1.54, 1.807) is 19.2 Å². The summed E-state index contributed by atoms with van der Waals surface area (Å²) in [7, 11) is -2.00. The minimum absolute atomic E-state index is 0.238. The zero-order valence-corrected chi connectivity index (χ0v) is 21.0. The topological polar surface area (TPSA) is 93.5 Å². The van der Waals surface area contributed by atoms with Crippen LogP contribution in [0.2, 0.25) is 5.02 Å². The molecule has 11 heteroatoms. The van der Waals surface area contributed by atoms with Crippen molar-refractivity contribution >= 4 is 38.5 Å². The van der Waals surface area contributed by atoms with Gasteiger partial charge in [0.15, 0.2) is 11.5 Å². The van der Waals surface area contributed by atoms with Gasteiger partial charge in [-0.1, -0.05) is 29.8 Å². The monoisotopic (exact) mass is 512 g/mol. The van der Waals surface area contributed by atoms with Crippen molar-refractivity contribution in [3.05, 3.63) is 71.1 Å². The van der Waals surface area contributed by atoms with E-state index in [4.69, 9.17) is 31.4 Å². The quantitative estimate of drug-likeness (QED) is 0.390. The molecular formula is C24H25ClN6O3S. The lowest BCUT2D eigenvalue weighted by molar-refractivity contribution is 0.178. The molecule has 5 rings (SSSR count). The third kappa shape index (κ3) is 4.50. The van der Waals surface area contributed by atoms with E-state index >= 15 is 0 Å². The third-order valence-corrected chi connectivity index (χ3v) is 8.16. The smallest absolute Gasteiger partial charge is 0.243 e. The first-order valence-corrected chi connectivity index (χ1v) is 13.0. The van der Waals surface area contributed by atoms with E-state index < -0.39 is 10.0 Å². The van der Waals surface area contributed by atoms with Gasteiger partial charge in [0, 0.05) is 38.3 Å². The fourth-order valence-electron chi connectivity index (χ4n) is 4.27. The number of nitrogens with zero attached hydrogens (tertiary/aromatic N) is 6. The SMILES string of the molecule is COCc1nc(N2CCN(S(=O)(=O)c3ccc(Cl)cc3)CC2)c2c(C)nn(-c3ccccc3)c2n1. The molecule has 0 spiro atoms. The van der Waals surface area contributed by atoms with Gasteiger partial charge < -0.3 is 9.64 Å². The summed E-state index contributed by atoms with van der Waals surface area (Å²) in [4.78, 5) is 11.9. The number of hydrogen-bond donors (Lipinski definition) is 0. The molecule has 35 heavy (non-hydrogen) atoms. The largest absolute Gasteiger partial charge is 0.377 e. The number of piperazine rings is 1. The Kier molecular flexibility index (Phi) is 6.45. The van der Waals surface area contributed by atoms with Crippen LogP contribution in [0.4, 0.5) is 5.82 Å². The van der Waals surface area contributed by atoms with Crippen molar-refractivity contribution in [2.24, 2.45) is 0 Å². The Morgan fingerprint density at radius 2 is 1.66 bits per heavy atom. The Balaban J connectivity index is 1.48. The number of methoxy groups -OCH3 is 1. The van der Waals surface area contributed by atoms with E-state index in [-0.39, 0.29) is 11.5 Å². The van der Waals surface area contributed by atoms with Crippen LogP contribution >= 0.6 is 11.6 Å². The number of halogens is 1. The molecule has 0 bridgehead atoms. The molecule has 1 saturated heterocycles. The highest BCUT2D eigenvalue weighted by atomic mass is 35.5. The van der Waals surface area contributed by atoms with E-state index in [1.165, 1.54) is 16.4 Å². The highest BCUT2D eigenvalue weighted by Crippen LogP contribution is 2.30. The second-order valence-corrected chi connectivity index (χ2v) is 10.6. The number of para-hydroxylation sites is 1. The van der Waals surface area contributed by atoms with Gasteiger partial charge in [-0.25, -0.2) is 23.1 Å². The molecule has 0 radical (unpaired) electrons. The van der Waals surface area contributed by atoms with Gasteiger partial charge in [0.1, 0.15) is 12.4 Å². The standard InChI is InChI=1S/C24H25ClN6O3S/c1-17-22-23(26-21(16-34-2)27-24(22)31(28-17)19-6-4-3-5-7-19)29-12-14-30(15-13-29)35(32,33)20-10-8-18(25)9-11-20/h3-11H,12-16H2,1-2H3. The molecule has 1 fully saturated rings. The number of sulfonamides is 1. The van der Waals surface area contributed by atoms with Crippen molar-refractivity contribution in [3.8, 4) is 5.69 Å². The zero-order valence-electron chi connectivity index (χ0n) is 19.4. The average molecular weight is 513 g/mol. The van der Waals surface area contributed by atoms with Gasteiger partial charge in [0.05, 0.1) is 21.7 Å². The third-order valence-electron chi connectivity index (χ3n) is 5.99. The maximum atomic E-state index is 13.1. The van der Waals surface area contributed by atoms with Crippen molar-refractivity contribution < 1.29 is 13.2 Å². The number of ether oxygens (including phenoxy) is 1. The summed E-state index contributed by atoms with van der Waals surface area (Å²) in [5.41, 5.74) is 2.40. The first-order chi connectivity index (χ1) is 16.9. The molecule has 4 aromatic rings. The molecule has 2 aromatic carbocycles. The summed E-state index contributed by atoms with van der Waals surface area (Å²) in [6.45, 7) is 3.84. The molecule has 1 aliphatic heterocycles. The molecule has 182 valence electrons. The minimum atomic E-state index is -3.60. The first kappa shape index (κ1) is 23.7. The summed E-state index contributed by atoms with van der Waals surface area (Å²) in [5.74, 6) is 1.29. The predicted octanol–water partition coefficient (Wildman–Crippen LogP) is 3.43. The Morgan fingerprint density at radius 3 is 2.31 bits per heavy atom. The number of rotatable bonds is 6. The highest BCUT2D eigenvalue weighted by Gasteiger charge is 2.30. The van der Waals surface area contributed by atoms with Crippen molar-refractivity contribution in [2.45, 2.75) is 18.4 Å². The van der Waals surface area contributed by atoms with Crippen molar-refractivity contribution in [1.82, 2.24) is 24.1 Å². The van der Waals surface area contributed by atoms with E-state index in [1.807, 2.05) is 41.9 Å². The molecule has 1 aliphatic rings. The summed E-state index contributed by atoms with van der Waals surface area (Å²) in [5, 5.41) is 6.10. The number of aryl methyl sites for hydroxylation is 1. The lowest BCUT2D eigenvalue weighted by Crippen LogP contribution is -2.49. The van der Waals surface area contributed by atoms with Crippen LogP contribution in [0.25, 0.3) is 16.7 Å². The molecule has 2 aromatic heterocycles. The number of hydrogen-bond acceptors (Lipinski definition) is 7. The number of fused-ring (bicyclic) bond motifs is 1. The van der Waals surface area contributed by atoms with Gasteiger partial charge in [-0.15, -0.1) is 0 Å². The fraction of sp³-hybridized carbons (Fsp3) is 0.292. The summed E-state index contributed by atoms with van der Waals surface area (Å²) >= 11 is 5.93. The first-order valence-electron chi connectivity index (χ1n) is 11.2. The van der Waals surface area contributed by atoms with Crippen molar-refractivity contribution in [2.75, 3.05) is 38.2 Å². The van der Waals surface area contributed by atoms with Crippen molar-refractivity contribution in [1.29, 1.82) is 0 Å². The van der Waals surface area contributed by atoms with Crippen LogP contribution in [-0.4, -0.2) is 65.8 Å². The molecule has 0 unspecified atom stereocenters. The van der Waals surface area contributed by atoms with Crippen LogP contribution in [0.1, 0.15) is 11.5 Å². The van der Waals surface area contributed by atoms with Gasteiger partial charge >= 0.3 is 0 Å². The van der Waals surface area contributed by atoms with Crippen LogP contribution in [0, 0.1) is 6.92 Å². The average Bonchev–Trinajstić information content (AvgIpc) is 3.21. The van der Waals surface area contributed by atoms with Gasteiger partial charge in [0.2, 0.25) is 10.0 Å². The molecule has 9 nitrogen and oxygen atoms in total. The molecule has 3 heterocycles. The van der Waals surface area contributed by atoms with Gasteiger partial charge in [-0.05, 0) is 43.3 Å². The zero-order chi connectivity index (χ0) is 24.6. The second kappa shape index (κ2) is 9.54. The molecule has 0 atom stereocenters. The van der Waals surface area contributed by atoms with E-state index in [0.29, 0.717) is 42.7 Å². The van der Waals surface area contributed by atoms with E-state index in [0.717, 1.165) is 22.6 Å². The van der Waals surface area contributed by atoms with Crippen LogP contribution in [0.5, 0.6) is 0 Å². The van der Waals surface area contributed by atoms with Crippen LogP contribution in [-0.2, 0) is 21.4 Å². The summed E-state index contributed by atoms with van der Waals surface area (Å²) < 4.78 is 34.9. The predicted molar refractivity (Wildman–Crippen MR) is 135 cm³/mol. The summed E-state index contributed by atoms with van der Waals surface area (Å²) in [6.07, 6.45) is 0. The van der Waals surface area contributed by atoms with Gasteiger partial charge in [-0.3, -0.25) is 0 Å².